The molecule has 88 valence electrons. The molecule has 0 aliphatic rings. The van der Waals surface area contributed by atoms with Crippen molar-refractivity contribution in [1.82, 2.24) is 4.90 Å². The fourth-order valence-corrected chi connectivity index (χ4v) is 0.846. The van der Waals surface area contributed by atoms with Crippen molar-refractivity contribution in [3.63, 3.8) is 0 Å². The topological polar surface area (TPSA) is 90.6 Å². The summed E-state index contributed by atoms with van der Waals surface area (Å²) in [6.07, 6.45) is 0. The van der Waals surface area contributed by atoms with Crippen LogP contribution >= 0.6 is 0 Å². The van der Waals surface area contributed by atoms with Crippen LogP contribution < -0.4 is 0 Å². The van der Waals surface area contributed by atoms with E-state index in [9.17, 15) is 14.7 Å². The average molecular weight is 226 g/mol. The first-order chi connectivity index (χ1) is 7.43. The summed E-state index contributed by atoms with van der Waals surface area (Å²) in [5, 5.41) is 18.2. The lowest BCUT2D eigenvalue weighted by atomic mass is 10.2. The van der Waals surface area contributed by atoms with Gasteiger partial charge < -0.3 is 14.7 Å². The van der Waals surface area contributed by atoms with Gasteiger partial charge >= 0.3 is 5.97 Å². The van der Waals surface area contributed by atoms with E-state index in [1.165, 1.54) is 18.9 Å². The van der Waals surface area contributed by atoms with E-state index < -0.39 is 17.3 Å². The molecule has 0 saturated carbocycles. The minimum absolute atomic E-state index is 0.111. The van der Waals surface area contributed by atoms with Gasteiger partial charge in [0.05, 0.1) is 13.2 Å². The maximum atomic E-state index is 11.2. The van der Waals surface area contributed by atoms with Crippen LogP contribution in [0.1, 0.15) is 13.8 Å². The molecular weight excluding hydrogens is 212 g/mol. The summed E-state index contributed by atoms with van der Waals surface area (Å²) in [4.78, 5) is 23.3. The van der Waals surface area contributed by atoms with Crippen molar-refractivity contribution < 1.29 is 19.4 Å². The van der Waals surface area contributed by atoms with E-state index in [0.717, 1.165) is 0 Å². The number of hydrogen-bond donors (Lipinski definition) is 1. The normalized spacial score (nSPS) is 11.1. The molecule has 6 nitrogen and oxygen atoms in total. The number of ether oxygens (including phenoxy) is 1. The lowest BCUT2D eigenvalue weighted by molar-refractivity contribution is -0.138. The summed E-state index contributed by atoms with van der Waals surface area (Å²) in [7, 11) is 1.44. The highest BCUT2D eigenvalue weighted by Crippen LogP contribution is 2.05. The molecule has 0 heterocycles. The number of likely N-dealkylation sites (N-methyl/N-ethyl adjacent to an activating group) is 1. The van der Waals surface area contributed by atoms with Crippen LogP contribution in [0.5, 0.6) is 0 Å². The van der Waals surface area contributed by atoms with Crippen molar-refractivity contribution in [2.24, 2.45) is 0 Å². The third-order valence-electron chi connectivity index (χ3n) is 1.80. The number of esters is 1. The van der Waals surface area contributed by atoms with E-state index >= 15 is 0 Å². The minimum Gasteiger partial charge on any atom is -0.509 e. The maximum Gasteiger partial charge on any atom is 0.352 e. The van der Waals surface area contributed by atoms with Gasteiger partial charge in [0, 0.05) is 14.0 Å². The number of amides is 1. The number of hydrogen-bond acceptors (Lipinski definition) is 5. The van der Waals surface area contributed by atoms with E-state index in [2.05, 4.69) is 4.74 Å². The third kappa shape index (κ3) is 4.00. The smallest absolute Gasteiger partial charge is 0.352 e. The molecule has 0 rings (SSSR count). The summed E-state index contributed by atoms with van der Waals surface area (Å²) in [5.74, 6) is -1.65. The molecule has 0 aromatic heterocycles. The molecule has 0 spiro atoms. The van der Waals surface area contributed by atoms with Crippen LogP contribution in [0.2, 0.25) is 0 Å². The molecule has 1 N–H and O–H groups in total. The Bertz CT molecular complexity index is 354. The van der Waals surface area contributed by atoms with Crippen molar-refractivity contribution in [3.05, 3.63) is 11.3 Å². The number of aliphatic hydroxyl groups excluding tert-OH is 1. The van der Waals surface area contributed by atoms with Gasteiger partial charge in [0.15, 0.2) is 5.57 Å². The fourth-order valence-electron chi connectivity index (χ4n) is 0.846. The third-order valence-corrected chi connectivity index (χ3v) is 1.80. The van der Waals surface area contributed by atoms with E-state index in [1.54, 1.807) is 13.0 Å². The van der Waals surface area contributed by atoms with Crippen LogP contribution in [0.25, 0.3) is 0 Å². The predicted molar refractivity (Wildman–Crippen MR) is 55.2 cm³/mol. The second-order valence-corrected chi connectivity index (χ2v) is 3.03. The molecule has 0 aliphatic heterocycles. The molecule has 0 saturated heterocycles. The molecule has 0 aromatic carbocycles. The molecule has 6 heteroatoms. The van der Waals surface area contributed by atoms with Gasteiger partial charge in [-0.25, -0.2) is 4.79 Å². The monoisotopic (exact) mass is 226 g/mol. The molecule has 0 radical (unpaired) electrons. The summed E-state index contributed by atoms with van der Waals surface area (Å²) < 4.78 is 4.58. The Morgan fingerprint density at radius 2 is 2.06 bits per heavy atom. The van der Waals surface area contributed by atoms with Gasteiger partial charge in [-0.05, 0) is 6.92 Å². The van der Waals surface area contributed by atoms with Crippen LogP contribution in [-0.4, -0.2) is 42.1 Å². The lowest BCUT2D eigenvalue weighted by Gasteiger charge is -2.14. The van der Waals surface area contributed by atoms with E-state index in [1.807, 2.05) is 0 Å². The Kier molecular flexibility index (Phi) is 5.63. The first-order valence-corrected chi connectivity index (χ1v) is 4.65. The van der Waals surface area contributed by atoms with Gasteiger partial charge in [-0.15, -0.1) is 0 Å². The largest absolute Gasteiger partial charge is 0.509 e. The quantitative estimate of drug-likeness (QED) is 0.323. The van der Waals surface area contributed by atoms with Gasteiger partial charge in [-0.3, -0.25) is 4.79 Å². The SMILES string of the molecule is CCOC(=O)/C(C#N)=C(\O)CN(C)C(C)=O. The average Bonchev–Trinajstić information content (AvgIpc) is 2.18. The Morgan fingerprint density at radius 3 is 2.44 bits per heavy atom. The number of carbonyl (C=O) groups excluding carboxylic acids is 2. The zero-order valence-corrected chi connectivity index (χ0v) is 9.48. The van der Waals surface area contributed by atoms with Crippen molar-refractivity contribution in [3.8, 4) is 6.07 Å². The Hall–Kier alpha value is -2.03. The molecule has 1 amide bonds. The highest BCUT2D eigenvalue weighted by Gasteiger charge is 2.17. The molecule has 16 heavy (non-hydrogen) atoms. The van der Waals surface area contributed by atoms with E-state index in [0.29, 0.717) is 0 Å². The van der Waals surface area contributed by atoms with Crippen LogP contribution in [0.3, 0.4) is 0 Å². The number of nitrogens with zero attached hydrogens (tertiary/aromatic N) is 2. The Labute approximate surface area is 93.7 Å². The minimum atomic E-state index is -0.889. The van der Waals surface area contributed by atoms with Gasteiger partial charge in [0.1, 0.15) is 11.8 Å². The van der Waals surface area contributed by atoms with E-state index in [4.69, 9.17) is 5.26 Å². The first kappa shape index (κ1) is 14.0. The Balaban J connectivity index is 4.83. The zero-order chi connectivity index (χ0) is 12.7. The van der Waals surface area contributed by atoms with Gasteiger partial charge in [0.25, 0.3) is 0 Å². The summed E-state index contributed by atoms with van der Waals surface area (Å²) in [6.45, 7) is 2.81. The van der Waals surface area contributed by atoms with Crippen LogP contribution in [-0.2, 0) is 14.3 Å². The predicted octanol–water partition coefficient (Wildman–Crippen LogP) is 0.363. The summed E-state index contributed by atoms with van der Waals surface area (Å²) in [5.41, 5.74) is -0.477. The number of nitriles is 1. The second kappa shape index (κ2) is 6.45. The van der Waals surface area contributed by atoms with Crippen molar-refractivity contribution >= 4 is 11.9 Å². The number of aliphatic hydroxyl groups is 1. The lowest BCUT2D eigenvalue weighted by Crippen LogP contribution is -2.27. The van der Waals surface area contributed by atoms with E-state index in [-0.39, 0.29) is 19.1 Å². The van der Waals surface area contributed by atoms with Crippen LogP contribution in [0.4, 0.5) is 0 Å². The molecule has 0 aliphatic carbocycles. The van der Waals surface area contributed by atoms with Crippen molar-refractivity contribution in [2.45, 2.75) is 13.8 Å². The summed E-state index contributed by atoms with van der Waals surface area (Å²) >= 11 is 0. The van der Waals surface area contributed by atoms with Crippen molar-refractivity contribution in [2.75, 3.05) is 20.2 Å². The zero-order valence-electron chi connectivity index (χ0n) is 9.48. The maximum absolute atomic E-state index is 11.2. The molecule has 0 bridgehead atoms. The van der Waals surface area contributed by atoms with Gasteiger partial charge in [-0.2, -0.15) is 5.26 Å². The first-order valence-electron chi connectivity index (χ1n) is 4.65. The van der Waals surface area contributed by atoms with Crippen LogP contribution in [0, 0.1) is 11.3 Å². The second-order valence-electron chi connectivity index (χ2n) is 3.03. The number of rotatable bonds is 4. The molecular formula is C10H14N2O4. The summed E-state index contributed by atoms with van der Waals surface area (Å²) in [6, 6.07) is 1.55. The van der Waals surface area contributed by atoms with Gasteiger partial charge in [-0.1, -0.05) is 0 Å². The molecule has 0 fully saturated rings. The molecule has 0 atom stereocenters. The molecule has 0 unspecified atom stereocenters. The van der Waals surface area contributed by atoms with Gasteiger partial charge in [0.2, 0.25) is 5.91 Å². The number of carbonyl (C=O) groups is 2. The fraction of sp³-hybridized carbons (Fsp3) is 0.500. The highest BCUT2D eigenvalue weighted by molar-refractivity contribution is 5.93. The highest BCUT2D eigenvalue weighted by atomic mass is 16.5. The standard InChI is InChI=1S/C10H14N2O4/c1-4-16-10(15)8(5-11)9(14)6-12(3)7(2)13/h14H,4,6H2,1-3H3/b9-8-. The van der Waals surface area contributed by atoms with Crippen LogP contribution in [0.15, 0.2) is 11.3 Å². The molecule has 0 aromatic rings. The Morgan fingerprint density at radius 1 is 1.50 bits per heavy atom. The van der Waals surface area contributed by atoms with Crippen molar-refractivity contribution in [1.29, 1.82) is 5.26 Å².